The second-order valence-corrected chi connectivity index (χ2v) is 4.10. The summed E-state index contributed by atoms with van der Waals surface area (Å²) in [7, 11) is 1.66. The quantitative estimate of drug-likeness (QED) is 0.775. The summed E-state index contributed by atoms with van der Waals surface area (Å²) in [4.78, 5) is 11.6. The molecule has 0 saturated carbocycles. The predicted molar refractivity (Wildman–Crippen MR) is 59.6 cm³/mol. The van der Waals surface area contributed by atoms with Gasteiger partial charge in [-0.3, -0.25) is 4.79 Å². The maximum absolute atomic E-state index is 11.6. The van der Waals surface area contributed by atoms with E-state index >= 15 is 0 Å². The first-order valence-electron chi connectivity index (χ1n) is 4.50. The zero-order valence-electron chi connectivity index (χ0n) is 8.42. The minimum Gasteiger partial charge on any atom is -0.385 e. The maximum Gasteiger partial charge on any atom is 0.253 e. The average Bonchev–Trinajstić information content (AvgIpc) is 2.13. The van der Waals surface area contributed by atoms with Crippen LogP contribution in [0.25, 0.3) is 0 Å². The number of halogens is 1. The molecule has 0 fully saturated rings. The van der Waals surface area contributed by atoms with E-state index in [2.05, 4.69) is 15.9 Å². The van der Waals surface area contributed by atoms with Crippen molar-refractivity contribution in [3.8, 4) is 0 Å². The third-order valence-corrected chi connectivity index (χ3v) is 2.41. The van der Waals surface area contributed by atoms with Gasteiger partial charge in [0.2, 0.25) is 0 Å². The highest BCUT2D eigenvalue weighted by molar-refractivity contribution is 9.10. The molecule has 0 N–H and O–H groups in total. The summed E-state index contributed by atoms with van der Waals surface area (Å²) in [5, 5.41) is 0. The Kier molecular flexibility index (Phi) is 4.35. The number of hydrogen-bond donors (Lipinski definition) is 0. The van der Waals surface area contributed by atoms with Crippen LogP contribution in [-0.4, -0.2) is 18.3 Å². The Morgan fingerprint density at radius 1 is 1.57 bits per heavy atom. The summed E-state index contributed by atoms with van der Waals surface area (Å²) in [5.74, 6) is 0. The molecule has 0 bridgehead atoms. The number of hydrogen-bond acceptors (Lipinski definition) is 2. The van der Waals surface area contributed by atoms with Crippen LogP contribution in [0.5, 0.6) is 0 Å². The van der Waals surface area contributed by atoms with E-state index in [1.807, 2.05) is 19.2 Å². The lowest BCUT2D eigenvalue weighted by Gasteiger charge is -2.06. The van der Waals surface area contributed by atoms with Crippen LogP contribution < -0.4 is 5.56 Å². The number of methoxy groups -OCH3 is 1. The summed E-state index contributed by atoms with van der Waals surface area (Å²) in [5.41, 5.74) is 0.834. The molecule has 0 aromatic carbocycles. The van der Waals surface area contributed by atoms with E-state index < -0.39 is 0 Å². The zero-order valence-corrected chi connectivity index (χ0v) is 10.0. The van der Waals surface area contributed by atoms with Gasteiger partial charge in [0.15, 0.2) is 0 Å². The maximum atomic E-state index is 11.6. The lowest BCUT2D eigenvalue weighted by molar-refractivity contribution is 0.190. The van der Waals surface area contributed by atoms with Crippen molar-refractivity contribution in [2.24, 2.45) is 0 Å². The molecule has 4 heteroatoms. The van der Waals surface area contributed by atoms with Gasteiger partial charge < -0.3 is 9.30 Å². The first-order valence-corrected chi connectivity index (χ1v) is 5.30. The zero-order chi connectivity index (χ0) is 10.6. The highest BCUT2D eigenvalue weighted by atomic mass is 79.9. The molecule has 1 heterocycles. The summed E-state index contributed by atoms with van der Waals surface area (Å²) in [6.07, 6.45) is 2.66. The second kappa shape index (κ2) is 5.32. The van der Waals surface area contributed by atoms with E-state index in [9.17, 15) is 4.79 Å². The molecule has 0 aliphatic rings. The van der Waals surface area contributed by atoms with Crippen molar-refractivity contribution in [2.75, 3.05) is 13.7 Å². The molecule has 78 valence electrons. The van der Waals surface area contributed by atoms with Crippen LogP contribution in [0.4, 0.5) is 0 Å². The molecule has 0 aliphatic carbocycles. The van der Waals surface area contributed by atoms with Gasteiger partial charge in [-0.1, -0.05) is 0 Å². The van der Waals surface area contributed by atoms with Crippen LogP contribution in [0.1, 0.15) is 12.0 Å². The standard InChI is InChI=1S/C10H14BrNO2/c1-8-6-9(11)7-12(10(8)13)4-3-5-14-2/h6-7H,3-5H2,1-2H3. The predicted octanol–water partition coefficient (Wildman–Crippen LogP) is 1.96. The third kappa shape index (κ3) is 2.96. The smallest absolute Gasteiger partial charge is 0.253 e. The van der Waals surface area contributed by atoms with E-state index in [1.54, 1.807) is 11.7 Å². The van der Waals surface area contributed by atoms with Crippen molar-refractivity contribution in [1.29, 1.82) is 0 Å². The van der Waals surface area contributed by atoms with Crippen molar-refractivity contribution in [3.05, 3.63) is 32.7 Å². The molecule has 3 nitrogen and oxygen atoms in total. The number of rotatable bonds is 4. The van der Waals surface area contributed by atoms with Gasteiger partial charge in [-0.05, 0) is 35.3 Å². The number of nitrogens with zero attached hydrogens (tertiary/aromatic N) is 1. The molecule has 0 amide bonds. The first-order chi connectivity index (χ1) is 6.65. The number of aromatic nitrogens is 1. The first kappa shape index (κ1) is 11.5. The molecule has 1 rings (SSSR count). The van der Waals surface area contributed by atoms with Gasteiger partial charge in [-0.15, -0.1) is 0 Å². The molecule has 0 aliphatic heterocycles. The summed E-state index contributed by atoms with van der Waals surface area (Å²) in [6.45, 7) is 3.20. The Morgan fingerprint density at radius 3 is 2.93 bits per heavy atom. The van der Waals surface area contributed by atoms with Crippen LogP contribution >= 0.6 is 15.9 Å². The van der Waals surface area contributed by atoms with Gasteiger partial charge in [0.05, 0.1) is 0 Å². The number of ether oxygens (including phenoxy) is 1. The van der Waals surface area contributed by atoms with Crippen molar-refractivity contribution in [1.82, 2.24) is 4.57 Å². The number of aryl methyl sites for hydroxylation is 2. The van der Waals surface area contributed by atoms with E-state index in [-0.39, 0.29) is 5.56 Å². The van der Waals surface area contributed by atoms with Crippen molar-refractivity contribution in [3.63, 3.8) is 0 Å². The lowest BCUT2D eigenvalue weighted by atomic mass is 10.3. The minimum absolute atomic E-state index is 0.0734. The van der Waals surface area contributed by atoms with Gasteiger partial charge in [0, 0.05) is 36.5 Å². The molecule has 0 saturated heterocycles. The van der Waals surface area contributed by atoms with E-state index in [0.29, 0.717) is 13.2 Å². The molecule has 0 spiro atoms. The summed E-state index contributed by atoms with van der Waals surface area (Å²) >= 11 is 3.37. The molecule has 1 aromatic heterocycles. The fourth-order valence-electron chi connectivity index (χ4n) is 1.29. The van der Waals surface area contributed by atoms with E-state index in [4.69, 9.17) is 4.74 Å². The normalized spacial score (nSPS) is 10.5. The molecule has 14 heavy (non-hydrogen) atoms. The second-order valence-electron chi connectivity index (χ2n) is 3.19. The van der Waals surface area contributed by atoms with Crippen LogP contribution in [0, 0.1) is 6.92 Å². The molecular weight excluding hydrogens is 246 g/mol. The molecule has 0 radical (unpaired) electrons. The van der Waals surface area contributed by atoms with Crippen LogP contribution in [0.15, 0.2) is 21.5 Å². The Balaban J connectivity index is 2.81. The fourth-order valence-corrected chi connectivity index (χ4v) is 1.88. The molecule has 0 unspecified atom stereocenters. The Hall–Kier alpha value is -0.610. The highest BCUT2D eigenvalue weighted by Gasteiger charge is 2.00. The summed E-state index contributed by atoms with van der Waals surface area (Å²) < 4.78 is 7.58. The monoisotopic (exact) mass is 259 g/mol. The third-order valence-electron chi connectivity index (χ3n) is 1.98. The van der Waals surface area contributed by atoms with Crippen LogP contribution in [0.3, 0.4) is 0 Å². The van der Waals surface area contributed by atoms with Gasteiger partial charge in [0.25, 0.3) is 5.56 Å². The largest absolute Gasteiger partial charge is 0.385 e. The van der Waals surface area contributed by atoms with Gasteiger partial charge in [0.1, 0.15) is 0 Å². The lowest BCUT2D eigenvalue weighted by Crippen LogP contribution is -2.22. The Bertz CT molecular complexity index is 360. The SMILES string of the molecule is COCCCn1cc(Br)cc(C)c1=O. The van der Waals surface area contributed by atoms with E-state index in [0.717, 1.165) is 16.5 Å². The van der Waals surface area contributed by atoms with Crippen molar-refractivity contribution in [2.45, 2.75) is 19.9 Å². The summed E-state index contributed by atoms with van der Waals surface area (Å²) in [6, 6.07) is 1.83. The molecule has 0 atom stereocenters. The average molecular weight is 260 g/mol. The van der Waals surface area contributed by atoms with Crippen LogP contribution in [-0.2, 0) is 11.3 Å². The fraction of sp³-hybridized carbons (Fsp3) is 0.500. The Morgan fingerprint density at radius 2 is 2.29 bits per heavy atom. The van der Waals surface area contributed by atoms with Crippen LogP contribution in [0.2, 0.25) is 0 Å². The number of pyridine rings is 1. The van der Waals surface area contributed by atoms with Gasteiger partial charge in [-0.25, -0.2) is 0 Å². The molecular formula is C10H14BrNO2. The minimum atomic E-state index is 0.0734. The van der Waals surface area contributed by atoms with Gasteiger partial charge >= 0.3 is 0 Å². The highest BCUT2D eigenvalue weighted by Crippen LogP contribution is 2.08. The van der Waals surface area contributed by atoms with Gasteiger partial charge in [-0.2, -0.15) is 0 Å². The molecule has 1 aromatic rings. The Labute approximate surface area is 91.8 Å². The van der Waals surface area contributed by atoms with Crippen molar-refractivity contribution < 1.29 is 4.74 Å². The van der Waals surface area contributed by atoms with Crippen molar-refractivity contribution >= 4 is 15.9 Å². The van der Waals surface area contributed by atoms with E-state index in [1.165, 1.54) is 0 Å². The topological polar surface area (TPSA) is 31.2 Å².